The van der Waals surface area contributed by atoms with Crippen LogP contribution in [0.2, 0.25) is 0 Å². The molecule has 0 saturated carbocycles. The molecule has 0 amide bonds. The zero-order chi connectivity index (χ0) is 34.3. The number of carbonyl (C=O) groups excluding carboxylic acids is 1. The Bertz CT molecular complexity index is 1890. The summed E-state index contributed by atoms with van der Waals surface area (Å²) in [4.78, 5) is 17.6. The number of hydrogen-bond acceptors (Lipinski definition) is 10. The van der Waals surface area contributed by atoms with Crippen LogP contribution in [0.3, 0.4) is 0 Å². The van der Waals surface area contributed by atoms with E-state index in [1.54, 1.807) is 42.8 Å². The summed E-state index contributed by atoms with van der Waals surface area (Å²) in [5.74, 6) is 0.159. The molecule has 0 bridgehead atoms. The number of esters is 1. The van der Waals surface area contributed by atoms with Gasteiger partial charge in [0.1, 0.15) is 35.6 Å². The van der Waals surface area contributed by atoms with Crippen LogP contribution in [0.5, 0.6) is 17.4 Å². The van der Waals surface area contributed by atoms with Gasteiger partial charge < -0.3 is 34.2 Å². The molecule has 10 heteroatoms. The van der Waals surface area contributed by atoms with Gasteiger partial charge in [0.25, 0.3) is 0 Å². The highest BCUT2D eigenvalue weighted by atomic mass is 16.5. The molecule has 0 aliphatic rings. The summed E-state index contributed by atoms with van der Waals surface area (Å²) in [5.41, 5.74) is 9.31. The highest BCUT2D eigenvalue weighted by Crippen LogP contribution is 2.45. The van der Waals surface area contributed by atoms with Crippen molar-refractivity contribution in [2.24, 2.45) is 11.1 Å². The Morgan fingerprint density at radius 2 is 1.90 bits per heavy atom. The molecule has 10 nitrogen and oxygen atoms in total. The molecule has 5 rings (SSSR count). The van der Waals surface area contributed by atoms with E-state index in [9.17, 15) is 15.0 Å². The third-order valence-electron chi connectivity index (χ3n) is 7.91. The van der Waals surface area contributed by atoms with E-state index in [-0.39, 0.29) is 36.6 Å². The predicted molar refractivity (Wildman–Crippen MR) is 185 cm³/mol. The molecule has 2 heterocycles. The van der Waals surface area contributed by atoms with Crippen molar-refractivity contribution in [3.05, 3.63) is 107 Å². The van der Waals surface area contributed by atoms with Crippen LogP contribution in [0.15, 0.2) is 89.4 Å². The van der Waals surface area contributed by atoms with Crippen LogP contribution in [0.1, 0.15) is 67.2 Å². The first-order chi connectivity index (χ1) is 23.1. The number of aromatic hydroxyl groups is 1. The number of pyridine rings is 1. The normalized spacial score (nSPS) is 12.8. The number of nitrogens with one attached hydrogen (secondary N) is 1. The number of allylic oxidation sites excluding steroid dienone is 1. The van der Waals surface area contributed by atoms with Crippen LogP contribution in [0.25, 0.3) is 21.7 Å². The average Bonchev–Trinajstić information content (AvgIpc) is 3.51. The molecule has 2 aromatic heterocycles. The summed E-state index contributed by atoms with van der Waals surface area (Å²) >= 11 is 0. The zero-order valence-electron chi connectivity index (χ0n) is 27.8. The number of nitrogens with two attached hydrogens (primary N) is 1. The standard InChI is InChI=1S/C38H43N3O7/c1-24(18-25-8-6-5-7-9-25)21-46-31-19-26(12-14-40-31)34(41-15-16-42)33-32-30(37(44)48-23-39)22-47-36(32)29-20-27(10-11-28(29)35(33)43)45-17-13-38(2,3)4/h5-12,14,19-22,34,41-43H,13,15-18,23,39H2,1-4H3/b24-21+. The Morgan fingerprint density at radius 3 is 2.62 bits per heavy atom. The number of aliphatic hydroxyl groups is 1. The van der Waals surface area contributed by atoms with Crippen molar-refractivity contribution in [1.82, 2.24) is 10.3 Å². The minimum atomic E-state index is -0.728. The maximum atomic E-state index is 13.2. The summed E-state index contributed by atoms with van der Waals surface area (Å²) < 4.78 is 23.2. The minimum Gasteiger partial charge on any atom is -0.507 e. The van der Waals surface area contributed by atoms with Gasteiger partial charge in [-0.15, -0.1) is 0 Å². The fraction of sp³-hybridized carbons (Fsp3) is 0.316. The molecule has 1 unspecified atom stereocenters. The molecule has 1 atom stereocenters. The van der Waals surface area contributed by atoms with E-state index in [1.165, 1.54) is 6.26 Å². The van der Waals surface area contributed by atoms with Gasteiger partial charge in [-0.2, -0.15) is 0 Å². The molecule has 0 saturated heterocycles. The number of ether oxygens (including phenoxy) is 3. The zero-order valence-corrected chi connectivity index (χ0v) is 27.8. The number of hydrogen-bond donors (Lipinski definition) is 4. The average molecular weight is 654 g/mol. The second kappa shape index (κ2) is 15.3. The van der Waals surface area contributed by atoms with Gasteiger partial charge in [0.15, 0.2) is 0 Å². The molecular formula is C38H43N3O7. The Labute approximate surface area is 280 Å². The summed E-state index contributed by atoms with van der Waals surface area (Å²) in [6.07, 6.45) is 6.14. The number of carbonyl (C=O) groups is 1. The van der Waals surface area contributed by atoms with Crippen LogP contribution in [-0.2, 0) is 11.2 Å². The molecule has 0 aliphatic carbocycles. The topological polar surface area (TPSA) is 149 Å². The van der Waals surface area contributed by atoms with Crippen molar-refractivity contribution in [2.45, 2.75) is 46.6 Å². The number of rotatable bonds is 14. The van der Waals surface area contributed by atoms with Crippen molar-refractivity contribution < 1.29 is 33.6 Å². The highest BCUT2D eigenvalue weighted by Gasteiger charge is 2.30. The fourth-order valence-corrected chi connectivity index (χ4v) is 5.54. The lowest BCUT2D eigenvalue weighted by molar-refractivity contribution is 0.0516. The maximum absolute atomic E-state index is 13.2. The molecule has 0 spiro atoms. The molecule has 3 aromatic carbocycles. The summed E-state index contributed by atoms with van der Waals surface area (Å²) in [6, 6.07) is 18.2. The predicted octanol–water partition coefficient (Wildman–Crippen LogP) is 6.77. The highest BCUT2D eigenvalue weighted by molar-refractivity contribution is 6.16. The molecule has 0 aliphatic heterocycles. The van der Waals surface area contributed by atoms with Crippen molar-refractivity contribution >= 4 is 27.7 Å². The molecule has 48 heavy (non-hydrogen) atoms. The van der Waals surface area contributed by atoms with E-state index in [0.717, 1.165) is 24.0 Å². The van der Waals surface area contributed by atoms with Crippen molar-refractivity contribution in [1.29, 1.82) is 0 Å². The van der Waals surface area contributed by atoms with Crippen molar-refractivity contribution in [3.63, 3.8) is 0 Å². The first kappa shape index (κ1) is 34.4. The van der Waals surface area contributed by atoms with E-state index >= 15 is 0 Å². The summed E-state index contributed by atoms with van der Waals surface area (Å²) in [7, 11) is 0. The summed E-state index contributed by atoms with van der Waals surface area (Å²) in [5, 5.41) is 26.5. The smallest absolute Gasteiger partial charge is 0.343 e. The number of benzene rings is 3. The third kappa shape index (κ3) is 8.14. The van der Waals surface area contributed by atoms with Gasteiger partial charge in [0, 0.05) is 40.5 Å². The van der Waals surface area contributed by atoms with Gasteiger partial charge in [-0.3, -0.25) is 5.73 Å². The van der Waals surface area contributed by atoms with Gasteiger partial charge in [0.05, 0.1) is 25.5 Å². The van der Waals surface area contributed by atoms with Crippen molar-refractivity contribution in [3.8, 4) is 17.4 Å². The first-order valence-electron chi connectivity index (χ1n) is 16.0. The SMILES string of the molecule is C/C(=C\Oc1cc(C(NCCO)c2c(O)c3ccc(OCCC(C)(C)C)cc3c3occ(C(=O)OCN)c23)ccn1)Cc1ccccc1. The molecule has 0 fully saturated rings. The number of phenolic OH excluding ortho intramolecular Hbond substituents is 1. The number of phenols is 1. The third-order valence-corrected chi connectivity index (χ3v) is 7.91. The van der Waals surface area contributed by atoms with E-state index in [4.69, 9.17) is 24.4 Å². The second-order valence-electron chi connectivity index (χ2n) is 12.9. The molecule has 0 radical (unpaired) electrons. The number of aromatic nitrogens is 1. The van der Waals surface area contributed by atoms with E-state index in [0.29, 0.717) is 51.1 Å². The van der Waals surface area contributed by atoms with Crippen LogP contribution in [0, 0.1) is 5.41 Å². The van der Waals surface area contributed by atoms with Gasteiger partial charge in [-0.1, -0.05) is 51.1 Å². The van der Waals surface area contributed by atoms with E-state index in [1.807, 2.05) is 25.1 Å². The van der Waals surface area contributed by atoms with Gasteiger partial charge in [-0.25, -0.2) is 9.78 Å². The molecule has 5 aromatic rings. The lowest BCUT2D eigenvalue weighted by Crippen LogP contribution is -2.26. The first-order valence-corrected chi connectivity index (χ1v) is 16.0. The van der Waals surface area contributed by atoms with Gasteiger partial charge in [-0.05, 0) is 66.1 Å². The number of fused-ring (bicyclic) bond motifs is 3. The van der Waals surface area contributed by atoms with Crippen LogP contribution < -0.4 is 20.5 Å². The van der Waals surface area contributed by atoms with Crippen LogP contribution >= 0.6 is 0 Å². The van der Waals surface area contributed by atoms with Gasteiger partial charge >= 0.3 is 5.97 Å². The lowest BCUT2D eigenvalue weighted by Gasteiger charge is -2.23. The number of furan rings is 1. The lowest BCUT2D eigenvalue weighted by atomic mass is 9.90. The molecule has 252 valence electrons. The van der Waals surface area contributed by atoms with Crippen LogP contribution in [0.4, 0.5) is 0 Å². The monoisotopic (exact) mass is 653 g/mol. The van der Waals surface area contributed by atoms with Crippen molar-refractivity contribution in [2.75, 3.05) is 26.5 Å². The van der Waals surface area contributed by atoms with E-state index in [2.05, 4.69) is 43.2 Å². The summed E-state index contributed by atoms with van der Waals surface area (Å²) in [6.45, 7) is 8.60. The maximum Gasteiger partial charge on any atom is 0.343 e. The number of nitrogens with zero attached hydrogens (tertiary/aromatic N) is 1. The minimum absolute atomic E-state index is 0.0738. The Morgan fingerprint density at radius 1 is 1.10 bits per heavy atom. The fourth-order valence-electron chi connectivity index (χ4n) is 5.54. The quantitative estimate of drug-likeness (QED) is 0.0575. The number of aliphatic hydroxyl groups excluding tert-OH is 1. The van der Waals surface area contributed by atoms with Crippen LogP contribution in [-0.4, -0.2) is 47.7 Å². The second-order valence-corrected chi connectivity index (χ2v) is 12.9. The largest absolute Gasteiger partial charge is 0.507 e. The molecule has 5 N–H and O–H groups in total. The Kier molecular flexibility index (Phi) is 11.0. The Hall–Kier alpha value is -4.90. The Balaban J connectivity index is 1.60. The molecular weight excluding hydrogens is 610 g/mol. The van der Waals surface area contributed by atoms with Gasteiger partial charge in [0.2, 0.25) is 5.88 Å². The van der Waals surface area contributed by atoms with E-state index < -0.39 is 12.0 Å².